The average Bonchev–Trinajstić information content (AvgIpc) is 3.35. The van der Waals surface area contributed by atoms with E-state index in [0.29, 0.717) is 17.0 Å². The Bertz CT molecular complexity index is 1460. The Hall–Kier alpha value is -4.32. The number of methoxy groups -OCH3 is 1. The first-order valence-corrected chi connectivity index (χ1v) is 11.6. The molecule has 1 aliphatic heterocycles. The Kier molecular flexibility index (Phi) is 5.65. The number of anilines is 1. The number of para-hydroxylation sites is 1. The Morgan fingerprint density at radius 3 is 2.34 bits per heavy atom. The van der Waals surface area contributed by atoms with Crippen molar-refractivity contribution in [1.29, 1.82) is 0 Å². The fraction of sp³-hybridized carbons (Fsp3) is 0.172. The van der Waals surface area contributed by atoms with Gasteiger partial charge in [0.25, 0.3) is 11.7 Å². The molecule has 1 atom stereocenters. The predicted octanol–water partition coefficient (Wildman–Crippen LogP) is 5.67. The SMILES string of the molecule is CCc1ccc(N2C(=O)C(=O)/C(=C(/O)c3ccc(OC)cc3)C2c2c(C)[nH]c3ccccc23)cc1. The lowest BCUT2D eigenvalue weighted by molar-refractivity contribution is -0.132. The molecule has 0 bridgehead atoms. The number of aliphatic hydroxyl groups is 1. The van der Waals surface area contributed by atoms with Gasteiger partial charge >= 0.3 is 0 Å². The van der Waals surface area contributed by atoms with Gasteiger partial charge in [-0.15, -0.1) is 0 Å². The molecule has 3 aromatic carbocycles. The van der Waals surface area contributed by atoms with Crippen molar-refractivity contribution in [1.82, 2.24) is 4.98 Å². The van der Waals surface area contributed by atoms with Crippen LogP contribution in [0.1, 0.15) is 35.3 Å². The van der Waals surface area contributed by atoms with E-state index < -0.39 is 17.7 Å². The molecule has 176 valence electrons. The van der Waals surface area contributed by atoms with Crippen LogP contribution in [0.3, 0.4) is 0 Å². The number of carbonyl (C=O) groups excluding carboxylic acids is 2. The number of ether oxygens (including phenoxy) is 1. The third-order valence-electron chi connectivity index (χ3n) is 6.65. The molecule has 1 aromatic heterocycles. The van der Waals surface area contributed by atoms with Gasteiger partial charge in [0.2, 0.25) is 0 Å². The summed E-state index contributed by atoms with van der Waals surface area (Å²) in [4.78, 5) is 31.8. The zero-order valence-electron chi connectivity index (χ0n) is 19.8. The minimum absolute atomic E-state index is 0.0626. The quantitative estimate of drug-likeness (QED) is 0.225. The van der Waals surface area contributed by atoms with Crippen LogP contribution in [-0.4, -0.2) is 28.9 Å². The van der Waals surface area contributed by atoms with Crippen molar-refractivity contribution in [3.05, 3.63) is 101 Å². The minimum atomic E-state index is -0.791. The molecule has 1 amide bonds. The van der Waals surface area contributed by atoms with Gasteiger partial charge in [0.05, 0.1) is 18.7 Å². The fourth-order valence-electron chi connectivity index (χ4n) is 4.82. The van der Waals surface area contributed by atoms with Crippen LogP contribution >= 0.6 is 0 Å². The number of aliphatic hydroxyl groups excluding tert-OH is 1. The molecule has 35 heavy (non-hydrogen) atoms. The number of aromatic nitrogens is 1. The van der Waals surface area contributed by atoms with Gasteiger partial charge in [-0.25, -0.2) is 0 Å². The summed E-state index contributed by atoms with van der Waals surface area (Å²) < 4.78 is 5.22. The average molecular weight is 467 g/mol. The summed E-state index contributed by atoms with van der Waals surface area (Å²) in [5, 5.41) is 12.3. The number of carbonyl (C=O) groups is 2. The molecular formula is C29H26N2O4. The van der Waals surface area contributed by atoms with Crippen LogP contribution in [0.25, 0.3) is 16.7 Å². The summed E-state index contributed by atoms with van der Waals surface area (Å²) in [5.41, 5.74) is 4.75. The Balaban J connectivity index is 1.77. The fourth-order valence-corrected chi connectivity index (χ4v) is 4.82. The van der Waals surface area contributed by atoms with Gasteiger partial charge in [0.1, 0.15) is 11.5 Å². The number of H-pyrrole nitrogens is 1. The molecule has 1 aliphatic rings. The van der Waals surface area contributed by atoms with Crippen LogP contribution in [0, 0.1) is 6.92 Å². The Labute approximate surface area is 203 Å². The highest BCUT2D eigenvalue weighted by atomic mass is 16.5. The van der Waals surface area contributed by atoms with E-state index in [9.17, 15) is 14.7 Å². The lowest BCUT2D eigenvalue weighted by Crippen LogP contribution is -2.29. The molecule has 0 saturated carbocycles. The number of amides is 1. The second-order valence-corrected chi connectivity index (χ2v) is 8.63. The Morgan fingerprint density at radius 2 is 1.69 bits per heavy atom. The Morgan fingerprint density at radius 1 is 1.00 bits per heavy atom. The van der Waals surface area contributed by atoms with Crippen molar-refractivity contribution in [3.63, 3.8) is 0 Å². The van der Waals surface area contributed by atoms with Crippen LogP contribution in [0.4, 0.5) is 5.69 Å². The third kappa shape index (κ3) is 3.67. The smallest absolute Gasteiger partial charge is 0.300 e. The maximum absolute atomic E-state index is 13.5. The molecule has 0 aliphatic carbocycles. The topological polar surface area (TPSA) is 82.6 Å². The van der Waals surface area contributed by atoms with Crippen molar-refractivity contribution in [3.8, 4) is 5.75 Å². The maximum atomic E-state index is 13.5. The summed E-state index contributed by atoms with van der Waals surface area (Å²) >= 11 is 0. The summed E-state index contributed by atoms with van der Waals surface area (Å²) in [6.45, 7) is 3.98. The third-order valence-corrected chi connectivity index (χ3v) is 6.65. The first kappa shape index (κ1) is 22.5. The number of ketones is 1. The van der Waals surface area contributed by atoms with Gasteiger partial charge in [0, 0.05) is 33.4 Å². The second-order valence-electron chi connectivity index (χ2n) is 8.63. The highest BCUT2D eigenvalue weighted by Gasteiger charge is 2.48. The van der Waals surface area contributed by atoms with E-state index in [1.807, 2.05) is 55.5 Å². The molecule has 1 saturated heterocycles. The number of hydrogen-bond donors (Lipinski definition) is 2. The number of benzene rings is 3. The molecule has 1 unspecified atom stereocenters. The molecular weight excluding hydrogens is 440 g/mol. The lowest BCUT2D eigenvalue weighted by atomic mass is 9.93. The van der Waals surface area contributed by atoms with Crippen molar-refractivity contribution < 1.29 is 19.4 Å². The molecule has 2 N–H and O–H groups in total. The summed E-state index contributed by atoms with van der Waals surface area (Å²) in [6, 6.07) is 21.4. The summed E-state index contributed by atoms with van der Waals surface area (Å²) in [7, 11) is 1.56. The van der Waals surface area contributed by atoms with Gasteiger partial charge in [-0.2, -0.15) is 0 Å². The molecule has 1 fully saturated rings. The van der Waals surface area contributed by atoms with Gasteiger partial charge in [0.15, 0.2) is 0 Å². The lowest BCUT2D eigenvalue weighted by Gasteiger charge is -2.26. The molecule has 5 rings (SSSR count). The summed E-state index contributed by atoms with van der Waals surface area (Å²) in [6.07, 6.45) is 0.863. The van der Waals surface area contributed by atoms with E-state index in [0.717, 1.165) is 34.1 Å². The predicted molar refractivity (Wildman–Crippen MR) is 137 cm³/mol. The largest absolute Gasteiger partial charge is 0.507 e. The maximum Gasteiger partial charge on any atom is 0.300 e. The first-order valence-electron chi connectivity index (χ1n) is 11.6. The van der Waals surface area contributed by atoms with E-state index in [4.69, 9.17) is 4.74 Å². The van der Waals surface area contributed by atoms with Gasteiger partial charge in [-0.3, -0.25) is 14.5 Å². The molecule has 6 heteroatoms. The standard InChI is InChI=1S/C29H26N2O4/c1-4-18-9-13-20(14-10-18)31-26(24-17(2)30-23-8-6-5-7-22(23)24)25(28(33)29(31)34)27(32)19-11-15-21(35-3)16-12-19/h5-16,26,30,32H,4H2,1-3H3/b27-25+. The second kappa shape index (κ2) is 8.80. The van der Waals surface area contributed by atoms with Crippen LogP contribution < -0.4 is 9.64 Å². The van der Waals surface area contributed by atoms with Gasteiger partial charge < -0.3 is 14.8 Å². The normalized spacial score (nSPS) is 17.3. The summed E-state index contributed by atoms with van der Waals surface area (Å²) in [5.74, 6) is -0.970. The first-order chi connectivity index (χ1) is 16.9. The number of fused-ring (bicyclic) bond motifs is 1. The van der Waals surface area contributed by atoms with E-state index in [2.05, 4.69) is 11.9 Å². The van der Waals surface area contributed by atoms with E-state index in [-0.39, 0.29) is 11.3 Å². The number of Topliss-reactive ketones (excluding diaryl/α,β-unsaturated/α-hetero) is 1. The van der Waals surface area contributed by atoms with Crippen molar-refractivity contribution in [2.24, 2.45) is 0 Å². The number of aryl methyl sites for hydroxylation is 2. The van der Waals surface area contributed by atoms with Crippen molar-refractivity contribution >= 4 is 34.0 Å². The zero-order valence-corrected chi connectivity index (χ0v) is 19.8. The number of aromatic amines is 1. The van der Waals surface area contributed by atoms with Crippen molar-refractivity contribution in [2.75, 3.05) is 12.0 Å². The highest BCUT2D eigenvalue weighted by molar-refractivity contribution is 6.52. The number of nitrogens with one attached hydrogen (secondary N) is 1. The number of nitrogens with zero attached hydrogens (tertiary/aromatic N) is 1. The van der Waals surface area contributed by atoms with E-state index in [1.54, 1.807) is 31.4 Å². The van der Waals surface area contributed by atoms with Gasteiger partial charge in [-0.05, 0) is 61.4 Å². The highest BCUT2D eigenvalue weighted by Crippen LogP contribution is 2.45. The number of rotatable bonds is 5. The van der Waals surface area contributed by atoms with Crippen LogP contribution in [0.5, 0.6) is 5.75 Å². The molecule has 0 spiro atoms. The molecule has 2 heterocycles. The molecule has 4 aromatic rings. The van der Waals surface area contributed by atoms with Crippen LogP contribution in [0.2, 0.25) is 0 Å². The molecule has 0 radical (unpaired) electrons. The van der Waals surface area contributed by atoms with Gasteiger partial charge in [-0.1, -0.05) is 37.3 Å². The minimum Gasteiger partial charge on any atom is -0.507 e. The van der Waals surface area contributed by atoms with Crippen LogP contribution in [0.15, 0.2) is 78.4 Å². The van der Waals surface area contributed by atoms with Crippen LogP contribution in [-0.2, 0) is 16.0 Å². The van der Waals surface area contributed by atoms with E-state index >= 15 is 0 Å². The monoisotopic (exact) mass is 466 g/mol. The zero-order chi connectivity index (χ0) is 24.7. The molecule has 6 nitrogen and oxygen atoms in total. The van der Waals surface area contributed by atoms with E-state index in [1.165, 1.54) is 4.90 Å². The number of hydrogen-bond acceptors (Lipinski definition) is 4. The van der Waals surface area contributed by atoms with Crippen molar-refractivity contribution in [2.45, 2.75) is 26.3 Å².